The van der Waals surface area contributed by atoms with Crippen LogP contribution >= 0.6 is 0 Å². The van der Waals surface area contributed by atoms with Gasteiger partial charge in [0.15, 0.2) is 11.5 Å². The molecule has 0 fully saturated rings. The van der Waals surface area contributed by atoms with Crippen LogP contribution < -0.4 is 15.2 Å². The summed E-state index contributed by atoms with van der Waals surface area (Å²) in [5.74, 6) is 1.05. The molecular weight excluding hydrogens is 223 g/mol. The third-order valence-corrected chi connectivity index (χ3v) is 2.09. The highest BCUT2D eigenvalue weighted by molar-refractivity contribution is 5.95. The third-order valence-electron chi connectivity index (χ3n) is 2.09. The lowest BCUT2D eigenvalue weighted by molar-refractivity contribution is 0.262. The zero-order chi connectivity index (χ0) is 12.7. The Morgan fingerprint density at radius 3 is 2.71 bits per heavy atom. The van der Waals surface area contributed by atoms with Gasteiger partial charge in [-0.3, -0.25) is 9.80 Å². The van der Waals surface area contributed by atoms with E-state index >= 15 is 0 Å². The maximum atomic E-state index is 12.0. The molecule has 94 valence electrons. The Morgan fingerprint density at radius 2 is 2.12 bits per heavy atom. The molecular formula is C12H17FN2O2. The van der Waals surface area contributed by atoms with Gasteiger partial charge in [-0.1, -0.05) is 0 Å². The van der Waals surface area contributed by atoms with Gasteiger partial charge in [0.25, 0.3) is 0 Å². The van der Waals surface area contributed by atoms with Gasteiger partial charge >= 0.3 is 0 Å². The number of rotatable bonds is 7. The maximum Gasteiger partial charge on any atom is 0.161 e. The summed E-state index contributed by atoms with van der Waals surface area (Å²) >= 11 is 0. The number of nitrogens with two attached hydrogens (primary N) is 1. The number of benzene rings is 1. The smallest absolute Gasteiger partial charge is 0.161 e. The van der Waals surface area contributed by atoms with Crippen LogP contribution in [0.2, 0.25) is 0 Å². The summed E-state index contributed by atoms with van der Waals surface area (Å²) in [5.41, 5.74) is 5.96. The minimum atomic E-state index is -0.407. The molecule has 1 rings (SSSR count). The molecule has 0 heterocycles. The zero-order valence-corrected chi connectivity index (χ0v) is 9.83. The van der Waals surface area contributed by atoms with Crippen LogP contribution in [0.4, 0.5) is 4.39 Å². The molecule has 3 N–H and O–H groups in total. The Bertz CT molecular complexity index is 383. The summed E-state index contributed by atoms with van der Waals surface area (Å²) in [5, 5.41) is 7.33. The van der Waals surface area contributed by atoms with E-state index in [4.69, 9.17) is 20.6 Å². The molecule has 0 aliphatic carbocycles. The van der Waals surface area contributed by atoms with Crippen LogP contribution in [0, 0.1) is 5.41 Å². The van der Waals surface area contributed by atoms with Gasteiger partial charge in [-0.05, 0) is 25.1 Å². The van der Waals surface area contributed by atoms with E-state index in [2.05, 4.69) is 0 Å². The number of alkyl halides is 1. The van der Waals surface area contributed by atoms with E-state index in [0.717, 1.165) is 0 Å². The molecule has 0 amide bonds. The molecule has 0 radical (unpaired) electrons. The normalized spacial score (nSPS) is 10.0. The number of ether oxygens (including phenoxy) is 2. The quantitative estimate of drug-likeness (QED) is 0.435. The average molecular weight is 240 g/mol. The van der Waals surface area contributed by atoms with Crippen LogP contribution in [0.3, 0.4) is 0 Å². The predicted molar refractivity (Wildman–Crippen MR) is 64.7 cm³/mol. The van der Waals surface area contributed by atoms with E-state index in [1.807, 2.05) is 6.92 Å². The molecule has 0 unspecified atom stereocenters. The van der Waals surface area contributed by atoms with Crippen molar-refractivity contribution in [2.75, 3.05) is 19.9 Å². The first-order valence-electron chi connectivity index (χ1n) is 5.49. The number of hydrogen-bond acceptors (Lipinski definition) is 3. The minimum Gasteiger partial charge on any atom is -0.490 e. The Labute approximate surface area is 100 Å². The van der Waals surface area contributed by atoms with Crippen LogP contribution in [0.5, 0.6) is 11.5 Å². The molecule has 1 aromatic carbocycles. The van der Waals surface area contributed by atoms with E-state index < -0.39 is 6.67 Å². The van der Waals surface area contributed by atoms with E-state index in [9.17, 15) is 4.39 Å². The van der Waals surface area contributed by atoms with Gasteiger partial charge in [-0.25, -0.2) is 0 Å². The highest BCUT2D eigenvalue weighted by atomic mass is 19.1. The van der Waals surface area contributed by atoms with Gasteiger partial charge in [0.2, 0.25) is 0 Å². The van der Waals surface area contributed by atoms with Crippen molar-refractivity contribution in [2.45, 2.75) is 13.3 Å². The fourth-order valence-electron chi connectivity index (χ4n) is 1.30. The zero-order valence-electron chi connectivity index (χ0n) is 9.83. The molecule has 0 aliphatic heterocycles. The Hall–Kier alpha value is -1.78. The van der Waals surface area contributed by atoms with Crippen molar-refractivity contribution in [1.82, 2.24) is 0 Å². The predicted octanol–water partition coefficient (Wildman–Crippen LogP) is 2.11. The number of amidine groups is 1. The van der Waals surface area contributed by atoms with E-state index in [1.54, 1.807) is 18.2 Å². The van der Waals surface area contributed by atoms with Gasteiger partial charge < -0.3 is 15.2 Å². The Kier molecular flexibility index (Phi) is 5.26. The highest BCUT2D eigenvalue weighted by Gasteiger charge is 2.07. The van der Waals surface area contributed by atoms with Crippen LogP contribution in [0.1, 0.15) is 18.9 Å². The molecule has 5 heteroatoms. The lowest BCUT2D eigenvalue weighted by Gasteiger charge is -2.12. The van der Waals surface area contributed by atoms with Crippen molar-refractivity contribution in [2.24, 2.45) is 5.73 Å². The lowest BCUT2D eigenvalue weighted by Crippen LogP contribution is -2.11. The van der Waals surface area contributed by atoms with Gasteiger partial charge in [0.1, 0.15) is 5.84 Å². The van der Waals surface area contributed by atoms with E-state index in [1.165, 1.54) is 0 Å². The molecule has 0 aromatic heterocycles. The van der Waals surface area contributed by atoms with Crippen LogP contribution in [-0.4, -0.2) is 25.7 Å². The lowest BCUT2D eigenvalue weighted by atomic mass is 10.2. The fraction of sp³-hybridized carbons (Fsp3) is 0.417. The van der Waals surface area contributed by atoms with E-state index in [-0.39, 0.29) is 5.84 Å². The number of halogens is 1. The molecule has 1 aromatic rings. The van der Waals surface area contributed by atoms with Crippen molar-refractivity contribution >= 4 is 5.84 Å². The number of hydrogen-bond donors (Lipinski definition) is 2. The first-order valence-corrected chi connectivity index (χ1v) is 5.49. The molecule has 0 atom stereocenters. The Morgan fingerprint density at radius 1 is 1.35 bits per heavy atom. The second kappa shape index (κ2) is 6.73. The second-order valence-corrected chi connectivity index (χ2v) is 3.40. The highest BCUT2D eigenvalue weighted by Crippen LogP contribution is 2.28. The van der Waals surface area contributed by atoms with Crippen molar-refractivity contribution in [1.29, 1.82) is 5.41 Å². The van der Waals surface area contributed by atoms with Crippen LogP contribution in [0.25, 0.3) is 0 Å². The summed E-state index contributed by atoms with van der Waals surface area (Å²) in [4.78, 5) is 0. The van der Waals surface area contributed by atoms with Gasteiger partial charge in [-0.15, -0.1) is 0 Å². The summed E-state index contributed by atoms with van der Waals surface area (Å²) in [6.45, 7) is 2.23. The van der Waals surface area contributed by atoms with E-state index in [0.29, 0.717) is 36.7 Å². The van der Waals surface area contributed by atoms with Crippen LogP contribution in [0.15, 0.2) is 18.2 Å². The molecule has 0 saturated carbocycles. The topological polar surface area (TPSA) is 68.3 Å². The molecule has 0 saturated heterocycles. The molecule has 17 heavy (non-hydrogen) atoms. The largest absolute Gasteiger partial charge is 0.490 e. The van der Waals surface area contributed by atoms with Crippen molar-refractivity contribution < 1.29 is 13.9 Å². The molecule has 0 aliphatic rings. The van der Waals surface area contributed by atoms with Crippen LogP contribution in [-0.2, 0) is 0 Å². The summed E-state index contributed by atoms with van der Waals surface area (Å²) in [6, 6.07) is 5.01. The first kappa shape index (κ1) is 13.3. The summed E-state index contributed by atoms with van der Waals surface area (Å²) < 4.78 is 22.7. The average Bonchev–Trinajstić information content (AvgIpc) is 2.31. The maximum absolute atomic E-state index is 12.0. The number of nitrogen functional groups attached to an aromatic ring is 1. The number of nitrogens with one attached hydrogen (secondary N) is 1. The Balaban J connectivity index is 2.83. The molecule has 0 bridgehead atoms. The minimum absolute atomic E-state index is 0.0266. The standard InChI is InChI=1S/C12H17FN2O2/c1-2-16-11-8-9(12(14)15)4-5-10(11)17-7-3-6-13/h4-5,8H,2-3,6-7H2,1H3,(H3,14,15). The molecule has 0 spiro atoms. The summed E-state index contributed by atoms with van der Waals surface area (Å²) in [6.07, 6.45) is 0.347. The second-order valence-electron chi connectivity index (χ2n) is 3.40. The third kappa shape index (κ3) is 3.94. The van der Waals surface area contributed by atoms with Gasteiger partial charge in [-0.2, -0.15) is 0 Å². The monoisotopic (exact) mass is 240 g/mol. The van der Waals surface area contributed by atoms with Crippen molar-refractivity contribution in [3.8, 4) is 11.5 Å². The van der Waals surface area contributed by atoms with Gasteiger partial charge in [0, 0.05) is 12.0 Å². The molecule has 4 nitrogen and oxygen atoms in total. The van der Waals surface area contributed by atoms with Gasteiger partial charge in [0.05, 0.1) is 19.9 Å². The SMILES string of the molecule is CCOc1cc(C(=N)N)ccc1OCCCF. The van der Waals surface area contributed by atoms with Crippen molar-refractivity contribution in [3.05, 3.63) is 23.8 Å². The summed E-state index contributed by atoms with van der Waals surface area (Å²) in [7, 11) is 0. The first-order chi connectivity index (χ1) is 8.19. The fourth-order valence-corrected chi connectivity index (χ4v) is 1.30. The van der Waals surface area contributed by atoms with Crippen molar-refractivity contribution in [3.63, 3.8) is 0 Å².